The largest absolute Gasteiger partial charge is 0.331 e. The van der Waals surface area contributed by atoms with Crippen molar-refractivity contribution >= 4 is 28.9 Å². The van der Waals surface area contributed by atoms with E-state index in [0.717, 1.165) is 30.5 Å². The second kappa shape index (κ2) is 7.94. The summed E-state index contributed by atoms with van der Waals surface area (Å²) in [7, 11) is 0. The van der Waals surface area contributed by atoms with Gasteiger partial charge in [0, 0.05) is 12.1 Å². The van der Waals surface area contributed by atoms with Crippen molar-refractivity contribution in [3.05, 3.63) is 41.5 Å². The van der Waals surface area contributed by atoms with E-state index in [1.165, 1.54) is 5.56 Å². The van der Waals surface area contributed by atoms with Gasteiger partial charge >= 0.3 is 0 Å². The molecule has 0 spiro atoms. The van der Waals surface area contributed by atoms with Crippen molar-refractivity contribution in [1.29, 1.82) is 0 Å². The lowest BCUT2D eigenvalue weighted by molar-refractivity contribution is -0.122. The minimum Gasteiger partial charge on any atom is -0.331 e. The third kappa shape index (κ3) is 4.56. The van der Waals surface area contributed by atoms with Crippen LogP contribution in [0.2, 0.25) is 0 Å². The molecule has 0 bridgehead atoms. The molecule has 1 aromatic rings. The summed E-state index contributed by atoms with van der Waals surface area (Å²) in [5.74, 6) is 0.313. The smallest absolute Gasteiger partial charge is 0.238 e. The van der Waals surface area contributed by atoms with Crippen LogP contribution in [0.3, 0.4) is 0 Å². The van der Waals surface area contributed by atoms with Gasteiger partial charge in [0.15, 0.2) is 5.11 Å². The fourth-order valence-corrected chi connectivity index (χ4v) is 2.78. The first-order valence-corrected chi connectivity index (χ1v) is 8.12. The highest BCUT2D eigenvalue weighted by molar-refractivity contribution is 7.80. The summed E-state index contributed by atoms with van der Waals surface area (Å²) < 4.78 is 0. The zero-order valence-electron chi connectivity index (χ0n) is 13.1. The number of carbonyl (C=O) groups is 1. The molecule has 0 aromatic heterocycles. The number of hydrogen-bond donors (Lipinski definition) is 3. The van der Waals surface area contributed by atoms with Gasteiger partial charge in [-0.3, -0.25) is 15.6 Å². The predicted octanol–water partition coefficient (Wildman–Crippen LogP) is 3.23. The fraction of sp³-hybridized carbons (Fsp3) is 0.412. The molecule has 1 aliphatic rings. The van der Waals surface area contributed by atoms with E-state index in [4.69, 9.17) is 12.2 Å². The Bertz CT molecular complexity index is 583. The molecule has 2 rings (SSSR count). The van der Waals surface area contributed by atoms with Gasteiger partial charge in [-0.15, -0.1) is 0 Å². The topological polar surface area (TPSA) is 53.2 Å². The van der Waals surface area contributed by atoms with Crippen molar-refractivity contribution in [3.8, 4) is 0 Å². The molecule has 4 nitrogen and oxygen atoms in total. The quantitative estimate of drug-likeness (QED) is 0.453. The molecule has 3 N–H and O–H groups in total. The molecular weight excluding hydrogens is 294 g/mol. The summed E-state index contributed by atoms with van der Waals surface area (Å²) in [6.45, 7) is 4.14. The number of hydrazine groups is 1. The molecule has 1 aromatic carbocycles. The van der Waals surface area contributed by atoms with E-state index in [9.17, 15) is 4.79 Å². The molecule has 0 saturated carbocycles. The Morgan fingerprint density at radius 1 is 1.36 bits per heavy atom. The normalized spacial score (nSPS) is 16.4. The summed E-state index contributed by atoms with van der Waals surface area (Å²) in [5.41, 5.74) is 8.78. The number of hydrogen-bond acceptors (Lipinski definition) is 2. The van der Waals surface area contributed by atoms with Gasteiger partial charge in [-0.2, -0.15) is 0 Å². The Morgan fingerprint density at radius 2 is 2.18 bits per heavy atom. The number of thiocarbonyl (C=S) groups is 1. The van der Waals surface area contributed by atoms with Crippen LogP contribution in [0.15, 0.2) is 30.4 Å². The third-order valence-electron chi connectivity index (χ3n) is 3.85. The highest BCUT2D eigenvalue weighted by atomic mass is 32.1. The minimum atomic E-state index is -0.0406. The molecule has 1 aliphatic carbocycles. The van der Waals surface area contributed by atoms with Crippen LogP contribution in [0.5, 0.6) is 0 Å². The maximum Gasteiger partial charge on any atom is 0.238 e. The number of carbonyl (C=O) groups excluding carboxylic acids is 1. The minimum absolute atomic E-state index is 0.0406. The van der Waals surface area contributed by atoms with Crippen LogP contribution in [0.1, 0.15) is 37.3 Å². The number of anilines is 1. The summed E-state index contributed by atoms with van der Waals surface area (Å²) in [4.78, 5) is 11.9. The number of nitrogens with one attached hydrogen (secondary N) is 3. The van der Waals surface area contributed by atoms with Crippen molar-refractivity contribution in [2.45, 2.75) is 39.5 Å². The van der Waals surface area contributed by atoms with Crippen LogP contribution < -0.4 is 16.2 Å². The van der Waals surface area contributed by atoms with E-state index in [-0.39, 0.29) is 5.91 Å². The Hall–Kier alpha value is -1.88. The average Bonchev–Trinajstić information content (AvgIpc) is 3.00. The van der Waals surface area contributed by atoms with Gasteiger partial charge in [0.25, 0.3) is 0 Å². The maximum atomic E-state index is 11.9. The lowest BCUT2D eigenvalue weighted by Gasteiger charge is -2.16. The molecule has 0 saturated heterocycles. The van der Waals surface area contributed by atoms with Gasteiger partial charge in [0.2, 0.25) is 5.91 Å². The highest BCUT2D eigenvalue weighted by Gasteiger charge is 2.14. The van der Waals surface area contributed by atoms with Crippen molar-refractivity contribution in [2.75, 3.05) is 5.32 Å². The standard InChI is InChI=1S/C17H23N3OS/c1-3-14-10-6-7-12(2)16(14)18-17(22)20-19-15(21)11-13-8-4-5-9-13/h4,6-8,10,13H,3,5,9,11H2,1-2H3,(H,19,21)(H2,18,20,22)/t13-/m0/s1. The first-order chi connectivity index (χ1) is 10.6. The number of aryl methyl sites for hydroxylation is 2. The Labute approximate surface area is 137 Å². The van der Waals surface area contributed by atoms with Gasteiger partial charge in [0.1, 0.15) is 0 Å². The van der Waals surface area contributed by atoms with E-state index in [1.807, 2.05) is 19.1 Å². The van der Waals surface area contributed by atoms with Crippen LogP contribution in [0, 0.1) is 12.8 Å². The first-order valence-electron chi connectivity index (χ1n) is 7.71. The molecule has 1 amide bonds. The Morgan fingerprint density at radius 3 is 2.86 bits per heavy atom. The SMILES string of the molecule is CCc1cccc(C)c1NC(=S)NNC(=O)C[C@H]1C=CCC1. The van der Waals surface area contributed by atoms with Gasteiger partial charge in [0.05, 0.1) is 0 Å². The molecule has 1 atom stereocenters. The predicted molar refractivity (Wildman–Crippen MR) is 94.5 cm³/mol. The van der Waals surface area contributed by atoms with Crippen molar-refractivity contribution in [2.24, 2.45) is 5.92 Å². The number of rotatable bonds is 4. The third-order valence-corrected chi connectivity index (χ3v) is 4.06. The second-order valence-electron chi connectivity index (χ2n) is 5.56. The van der Waals surface area contributed by atoms with Crippen LogP contribution in [0.4, 0.5) is 5.69 Å². The number of para-hydroxylation sites is 1. The van der Waals surface area contributed by atoms with Gasteiger partial charge in [-0.1, -0.05) is 37.3 Å². The molecule has 0 radical (unpaired) electrons. The molecule has 0 heterocycles. The Kier molecular flexibility index (Phi) is 5.95. The van der Waals surface area contributed by atoms with E-state index in [1.54, 1.807) is 0 Å². The van der Waals surface area contributed by atoms with Crippen LogP contribution >= 0.6 is 12.2 Å². The van der Waals surface area contributed by atoms with Crippen molar-refractivity contribution in [3.63, 3.8) is 0 Å². The highest BCUT2D eigenvalue weighted by Crippen LogP contribution is 2.21. The molecule has 0 fully saturated rings. The molecule has 118 valence electrons. The summed E-state index contributed by atoms with van der Waals surface area (Å²) in [5, 5.41) is 3.57. The van der Waals surface area contributed by atoms with Gasteiger partial charge < -0.3 is 5.32 Å². The monoisotopic (exact) mass is 317 g/mol. The Balaban J connectivity index is 1.83. The maximum absolute atomic E-state index is 11.9. The average molecular weight is 317 g/mol. The van der Waals surface area contributed by atoms with Gasteiger partial charge in [-0.25, -0.2) is 0 Å². The number of allylic oxidation sites excluding steroid dienone is 2. The molecular formula is C17H23N3OS. The number of amides is 1. The zero-order valence-corrected chi connectivity index (χ0v) is 13.9. The first kappa shape index (κ1) is 16.5. The molecule has 5 heteroatoms. The van der Waals surface area contributed by atoms with Crippen LogP contribution in [0.25, 0.3) is 0 Å². The van der Waals surface area contributed by atoms with Crippen LogP contribution in [-0.4, -0.2) is 11.0 Å². The molecule has 0 unspecified atom stereocenters. The second-order valence-corrected chi connectivity index (χ2v) is 5.97. The summed E-state index contributed by atoms with van der Waals surface area (Å²) in [6.07, 6.45) is 7.78. The lowest BCUT2D eigenvalue weighted by atomic mass is 10.1. The fourth-order valence-electron chi connectivity index (χ4n) is 2.63. The van der Waals surface area contributed by atoms with E-state index in [2.05, 4.69) is 41.3 Å². The van der Waals surface area contributed by atoms with Crippen molar-refractivity contribution < 1.29 is 4.79 Å². The molecule has 22 heavy (non-hydrogen) atoms. The zero-order chi connectivity index (χ0) is 15.9. The summed E-state index contributed by atoms with van der Waals surface area (Å²) >= 11 is 5.25. The van der Waals surface area contributed by atoms with E-state index in [0.29, 0.717) is 17.5 Å². The number of benzene rings is 1. The van der Waals surface area contributed by atoms with Crippen LogP contribution in [-0.2, 0) is 11.2 Å². The lowest BCUT2D eigenvalue weighted by Crippen LogP contribution is -2.44. The van der Waals surface area contributed by atoms with E-state index < -0.39 is 0 Å². The molecule has 0 aliphatic heterocycles. The summed E-state index contributed by atoms with van der Waals surface area (Å²) in [6, 6.07) is 6.14. The van der Waals surface area contributed by atoms with Crippen molar-refractivity contribution in [1.82, 2.24) is 10.9 Å². The van der Waals surface area contributed by atoms with Gasteiger partial charge in [-0.05, 0) is 55.4 Å². The van der Waals surface area contributed by atoms with E-state index >= 15 is 0 Å².